The fourth-order valence-electron chi connectivity index (χ4n) is 3.00. The Morgan fingerprint density at radius 2 is 2.16 bits per heavy atom. The lowest BCUT2D eigenvalue weighted by atomic mass is 10.0. The fraction of sp³-hybridized carbons (Fsp3) is 0.389. The number of rotatable bonds is 6. The van der Waals surface area contributed by atoms with Crippen LogP contribution in [0.15, 0.2) is 30.5 Å². The quantitative estimate of drug-likeness (QED) is 0.623. The first-order valence-electron chi connectivity index (χ1n) is 8.74. The highest BCUT2D eigenvalue weighted by atomic mass is 16.5. The Morgan fingerprint density at radius 3 is 2.92 bits per heavy atom. The number of piperidine rings is 1. The number of hydrogen-bond acceptors (Lipinski definition) is 5. The molecule has 3 rings (SSSR count). The van der Waals surface area contributed by atoms with Crippen molar-refractivity contribution < 1.29 is 25.2 Å². The zero-order chi connectivity index (χ0) is 18.7. The van der Waals surface area contributed by atoms with Crippen molar-refractivity contribution in [3.63, 3.8) is 0 Å². The molecule has 7 heteroatoms. The predicted molar refractivity (Wildman–Crippen MR) is 89.2 cm³/mol. The summed E-state index contributed by atoms with van der Waals surface area (Å²) < 4.78 is 17.8. The Hall–Kier alpha value is -2.67. The molecule has 3 amide bonds. The van der Waals surface area contributed by atoms with E-state index in [4.69, 9.17) is 10.8 Å². The first-order valence-corrected chi connectivity index (χ1v) is 8.04. The summed E-state index contributed by atoms with van der Waals surface area (Å²) in [6.07, 6.45) is 0.869. The highest BCUT2D eigenvalue weighted by Gasteiger charge is 2.45. The van der Waals surface area contributed by atoms with Crippen molar-refractivity contribution in [2.24, 2.45) is 0 Å². The summed E-state index contributed by atoms with van der Waals surface area (Å²) >= 11 is 0. The van der Waals surface area contributed by atoms with Crippen molar-refractivity contribution >= 4 is 17.7 Å². The van der Waals surface area contributed by atoms with Gasteiger partial charge < -0.3 is 14.8 Å². The number of nitrogens with one attached hydrogen (secondary N) is 1. The van der Waals surface area contributed by atoms with E-state index in [0.717, 1.165) is 4.90 Å². The largest absolute Gasteiger partial charge is 0.490 e. The van der Waals surface area contributed by atoms with Crippen LogP contribution in [0.25, 0.3) is 0 Å². The highest BCUT2D eigenvalue weighted by molar-refractivity contribution is 6.24. The van der Waals surface area contributed by atoms with Crippen molar-refractivity contribution in [1.82, 2.24) is 10.2 Å². The SMILES string of the molecule is [3H]CCOCCOc1cccc2c1C(=O)N(C1CCC(=C)NC1=O)C2=O. The number of nitrogens with zero attached hydrogens (tertiary/aromatic N) is 1. The Bertz CT molecular complexity index is 764. The second-order valence-corrected chi connectivity index (χ2v) is 5.77. The van der Waals surface area contributed by atoms with Crippen LogP contribution in [0, 0.1) is 0 Å². The number of carbonyl (C=O) groups is 3. The van der Waals surface area contributed by atoms with E-state index < -0.39 is 23.8 Å². The summed E-state index contributed by atoms with van der Waals surface area (Å²) in [5.41, 5.74) is 0.992. The zero-order valence-corrected chi connectivity index (χ0v) is 13.7. The monoisotopic (exact) mass is 346 g/mol. The molecule has 1 aromatic carbocycles. The maximum Gasteiger partial charge on any atom is 0.266 e. The summed E-state index contributed by atoms with van der Waals surface area (Å²) in [6, 6.07) is 3.96. The van der Waals surface area contributed by atoms with Gasteiger partial charge in [0.1, 0.15) is 18.4 Å². The molecular formula is C18H20N2O5. The van der Waals surface area contributed by atoms with Gasteiger partial charge in [0.25, 0.3) is 11.8 Å². The van der Waals surface area contributed by atoms with Crippen molar-refractivity contribution in [1.29, 1.82) is 0 Å². The molecule has 1 N–H and O–H groups in total. The molecule has 0 spiro atoms. The molecule has 25 heavy (non-hydrogen) atoms. The number of amides is 3. The van der Waals surface area contributed by atoms with Gasteiger partial charge >= 0.3 is 0 Å². The minimum absolute atomic E-state index is 0.165. The summed E-state index contributed by atoms with van der Waals surface area (Å²) in [4.78, 5) is 38.8. The Balaban J connectivity index is 1.78. The Kier molecular flexibility index (Phi) is 4.47. The predicted octanol–water partition coefficient (Wildman–Crippen LogP) is 1.49. The molecule has 2 heterocycles. The molecular weight excluding hydrogens is 324 g/mol. The van der Waals surface area contributed by atoms with Crippen LogP contribution in [-0.4, -0.2) is 48.5 Å². The second kappa shape index (κ2) is 7.06. The molecule has 0 aliphatic carbocycles. The van der Waals surface area contributed by atoms with Crippen molar-refractivity contribution in [3.8, 4) is 5.75 Å². The number of allylic oxidation sites excluding steroid dienone is 1. The van der Waals surface area contributed by atoms with E-state index in [1.54, 1.807) is 18.2 Å². The lowest BCUT2D eigenvalue weighted by molar-refractivity contribution is -0.125. The van der Waals surface area contributed by atoms with Crippen LogP contribution in [0.4, 0.5) is 0 Å². The van der Waals surface area contributed by atoms with Crippen molar-refractivity contribution in [3.05, 3.63) is 41.6 Å². The van der Waals surface area contributed by atoms with Gasteiger partial charge in [0, 0.05) is 13.7 Å². The third kappa shape index (κ3) is 3.15. The van der Waals surface area contributed by atoms with E-state index in [1.165, 1.54) is 0 Å². The molecule has 1 saturated heterocycles. The standard InChI is InChI=1S/C18H20N2O5/c1-3-24-9-10-25-14-6-4-5-12-15(14)18(23)20(17(12)22)13-8-7-11(2)19-16(13)21/h4-6,13H,2-3,7-10H2,1H3,(H,19,21)/i1T. The number of benzene rings is 1. The molecule has 1 aromatic rings. The van der Waals surface area contributed by atoms with E-state index >= 15 is 0 Å². The van der Waals surface area contributed by atoms with Gasteiger partial charge in [-0.25, -0.2) is 0 Å². The lowest BCUT2D eigenvalue weighted by Crippen LogP contribution is -2.51. The lowest BCUT2D eigenvalue weighted by Gasteiger charge is -2.29. The van der Waals surface area contributed by atoms with Gasteiger partial charge in [-0.3, -0.25) is 19.3 Å². The van der Waals surface area contributed by atoms with Crippen LogP contribution < -0.4 is 10.1 Å². The third-order valence-electron chi connectivity index (χ3n) is 4.17. The molecule has 132 valence electrons. The molecule has 0 aromatic heterocycles. The van der Waals surface area contributed by atoms with Crippen LogP contribution in [-0.2, 0) is 9.53 Å². The van der Waals surface area contributed by atoms with E-state index in [9.17, 15) is 14.4 Å². The van der Waals surface area contributed by atoms with Gasteiger partial charge in [-0.2, -0.15) is 0 Å². The van der Waals surface area contributed by atoms with Crippen LogP contribution in [0.2, 0.25) is 0 Å². The van der Waals surface area contributed by atoms with E-state index in [1.807, 2.05) is 0 Å². The van der Waals surface area contributed by atoms with Crippen molar-refractivity contribution in [2.45, 2.75) is 25.8 Å². The van der Waals surface area contributed by atoms with Gasteiger partial charge in [0.05, 0.1) is 17.7 Å². The number of imide groups is 1. The third-order valence-corrected chi connectivity index (χ3v) is 4.17. The molecule has 2 aliphatic rings. The highest BCUT2D eigenvalue weighted by Crippen LogP contribution is 2.33. The number of fused-ring (bicyclic) bond motifs is 1. The minimum Gasteiger partial charge on any atom is -0.490 e. The summed E-state index contributed by atoms with van der Waals surface area (Å²) in [7, 11) is 0. The molecule has 1 fully saturated rings. The maximum atomic E-state index is 12.9. The molecule has 0 bridgehead atoms. The number of ether oxygens (including phenoxy) is 2. The first kappa shape index (κ1) is 15.8. The van der Waals surface area contributed by atoms with E-state index in [0.29, 0.717) is 30.9 Å². The molecule has 1 unspecified atom stereocenters. The second-order valence-electron chi connectivity index (χ2n) is 5.77. The number of hydrogen-bond donors (Lipinski definition) is 1. The van der Waals surface area contributed by atoms with Gasteiger partial charge in [0.15, 0.2) is 0 Å². The van der Waals surface area contributed by atoms with Crippen LogP contribution in [0.1, 0.15) is 41.8 Å². The normalized spacial score (nSPS) is 20.4. The molecule has 0 radical (unpaired) electrons. The first-order chi connectivity index (χ1) is 12.5. The Morgan fingerprint density at radius 1 is 1.32 bits per heavy atom. The van der Waals surface area contributed by atoms with Gasteiger partial charge in [-0.1, -0.05) is 12.6 Å². The fourth-order valence-corrected chi connectivity index (χ4v) is 3.00. The average Bonchev–Trinajstić information content (AvgIpc) is 2.87. The summed E-state index contributed by atoms with van der Waals surface area (Å²) in [5.74, 6) is -1.13. The maximum absolute atomic E-state index is 12.9. The van der Waals surface area contributed by atoms with Crippen LogP contribution >= 0.6 is 0 Å². The molecule has 0 saturated carbocycles. The van der Waals surface area contributed by atoms with Gasteiger partial charge in [-0.05, 0) is 31.9 Å². The topological polar surface area (TPSA) is 84.9 Å². The zero-order valence-electron chi connectivity index (χ0n) is 14.7. The van der Waals surface area contributed by atoms with Gasteiger partial charge in [-0.15, -0.1) is 0 Å². The average molecular weight is 346 g/mol. The molecule has 2 aliphatic heterocycles. The molecule has 7 nitrogen and oxygen atoms in total. The smallest absolute Gasteiger partial charge is 0.266 e. The Labute approximate surface area is 147 Å². The van der Waals surface area contributed by atoms with Crippen molar-refractivity contribution in [2.75, 3.05) is 19.8 Å². The summed E-state index contributed by atoms with van der Waals surface area (Å²) in [5, 5.41) is 2.60. The van der Waals surface area contributed by atoms with Crippen LogP contribution in [0.5, 0.6) is 5.75 Å². The van der Waals surface area contributed by atoms with E-state index in [-0.39, 0.29) is 31.2 Å². The van der Waals surface area contributed by atoms with E-state index in [2.05, 4.69) is 11.9 Å². The summed E-state index contributed by atoms with van der Waals surface area (Å²) in [6.45, 7) is 4.66. The minimum atomic E-state index is -0.846. The molecule has 1 atom stereocenters. The van der Waals surface area contributed by atoms with Gasteiger partial charge in [0.2, 0.25) is 5.91 Å². The van der Waals surface area contributed by atoms with Crippen LogP contribution in [0.3, 0.4) is 0 Å². The number of carbonyl (C=O) groups excluding carboxylic acids is 3.